The number of anilines is 4. The van der Waals surface area contributed by atoms with Gasteiger partial charge in [-0.15, -0.1) is 0 Å². The molecule has 0 bridgehead atoms. The second kappa shape index (κ2) is 16.7. The normalized spacial score (nSPS) is 13.7. The lowest BCUT2D eigenvalue weighted by Crippen LogP contribution is -2.25. The molecule has 11 rings (SSSR count). The zero-order chi connectivity index (χ0) is 46.8. The number of benzene rings is 8. The monoisotopic (exact) mass is 880 g/mol. The summed E-state index contributed by atoms with van der Waals surface area (Å²) in [4.78, 5) is 43.7. The Morgan fingerprint density at radius 3 is 1.19 bits per heavy atom. The Morgan fingerprint density at radius 2 is 0.735 bits per heavy atom. The minimum Gasteiger partial charge on any atom is -0.288 e. The number of hydrogen-bond acceptors (Lipinski definition) is 6. The van der Waals surface area contributed by atoms with Gasteiger partial charge in [-0.25, -0.2) is 9.97 Å². The highest BCUT2D eigenvalue weighted by Crippen LogP contribution is 2.55. The number of carbonyl (C=O) groups is 2. The molecule has 9 aromatic rings. The molecule has 0 spiro atoms. The molecule has 8 aromatic carbocycles. The van der Waals surface area contributed by atoms with E-state index in [1.165, 1.54) is 16.7 Å². The summed E-state index contributed by atoms with van der Waals surface area (Å²) in [5.41, 5.74) is 19.7. The third kappa shape index (κ3) is 6.96. The molecule has 0 N–H and O–H groups in total. The average molecular weight is 881 g/mol. The van der Waals surface area contributed by atoms with Crippen molar-refractivity contribution in [1.29, 1.82) is 0 Å². The van der Waals surface area contributed by atoms with Crippen LogP contribution in [0.3, 0.4) is 0 Å². The topological polar surface area (TPSA) is 66.4 Å². The number of hydrogen-bond donors (Lipinski definition) is 0. The minimum atomic E-state index is -0.291. The number of allylic oxidation sites excluding steroid dienone is 3. The van der Waals surface area contributed by atoms with E-state index < -0.39 is 0 Å². The lowest BCUT2D eigenvalue weighted by Gasteiger charge is -2.31. The third-order valence-corrected chi connectivity index (χ3v) is 14.0. The molecule has 0 atom stereocenters. The van der Waals surface area contributed by atoms with Crippen LogP contribution >= 0.6 is 0 Å². The van der Waals surface area contributed by atoms with E-state index in [-0.39, 0.29) is 17.1 Å². The van der Waals surface area contributed by atoms with Crippen LogP contribution in [0, 0.1) is 41.5 Å². The summed E-state index contributed by atoms with van der Waals surface area (Å²) >= 11 is 0. The maximum Gasteiger partial charge on any atom is 0.197 e. The first-order valence-corrected chi connectivity index (χ1v) is 23.1. The number of ketones is 2. The van der Waals surface area contributed by atoms with Crippen molar-refractivity contribution in [3.63, 3.8) is 0 Å². The highest BCUT2D eigenvalue weighted by molar-refractivity contribution is 6.39. The summed E-state index contributed by atoms with van der Waals surface area (Å²) in [5.74, 6) is 1.37. The molecule has 0 unspecified atom stereocenters. The highest BCUT2D eigenvalue weighted by Gasteiger charge is 2.41. The maximum atomic E-state index is 14.1. The second-order valence-electron chi connectivity index (χ2n) is 17.9. The summed E-state index contributed by atoms with van der Waals surface area (Å²) in [7, 11) is 0. The number of aromatic nitrogens is 2. The van der Waals surface area contributed by atoms with Crippen molar-refractivity contribution < 1.29 is 9.59 Å². The Kier molecular flexibility index (Phi) is 10.4. The zero-order valence-corrected chi connectivity index (χ0v) is 38.9. The van der Waals surface area contributed by atoms with Crippen LogP contribution in [0.2, 0.25) is 0 Å². The van der Waals surface area contributed by atoms with Crippen molar-refractivity contribution in [2.75, 3.05) is 9.80 Å². The molecule has 1 aliphatic carbocycles. The van der Waals surface area contributed by atoms with Crippen LogP contribution in [0.15, 0.2) is 193 Å². The van der Waals surface area contributed by atoms with Gasteiger partial charge in [0.25, 0.3) is 0 Å². The fourth-order valence-corrected chi connectivity index (χ4v) is 9.99. The van der Waals surface area contributed by atoms with Gasteiger partial charge in [-0.3, -0.25) is 19.4 Å². The van der Waals surface area contributed by atoms with Crippen molar-refractivity contribution in [1.82, 2.24) is 9.97 Å². The van der Waals surface area contributed by atoms with Gasteiger partial charge in [0.2, 0.25) is 0 Å². The van der Waals surface area contributed by atoms with Gasteiger partial charge in [-0.1, -0.05) is 146 Å². The average Bonchev–Trinajstić information content (AvgIpc) is 3.81. The summed E-state index contributed by atoms with van der Waals surface area (Å²) < 4.78 is 0. The first-order chi connectivity index (χ1) is 33.1. The number of rotatable bonds is 7. The van der Waals surface area contributed by atoms with Crippen LogP contribution in [0.4, 0.5) is 23.0 Å². The summed E-state index contributed by atoms with van der Waals surface area (Å²) in [6.45, 7) is 13.0. The van der Waals surface area contributed by atoms with E-state index in [2.05, 4.69) is 161 Å². The largest absolute Gasteiger partial charge is 0.288 e. The number of aryl methyl sites for hydroxylation is 1. The summed E-state index contributed by atoms with van der Waals surface area (Å²) in [6, 6.07) is 57.9. The molecule has 1 aromatic heterocycles. The van der Waals surface area contributed by atoms with Crippen molar-refractivity contribution in [2.24, 2.45) is 0 Å². The Labute approximate surface area is 397 Å². The molecule has 328 valence electrons. The fraction of sp³-hybridized carbons (Fsp3) is 0.0968. The molecule has 0 fully saturated rings. The van der Waals surface area contributed by atoms with Crippen LogP contribution in [0.5, 0.6) is 0 Å². The minimum absolute atomic E-state index is 0.114. The fourth-order valence-electron chi connectivity index (χ4n) is 9.99. The van der Waals surface area contributed by atoms with Crippen LogP contribution in [-0.4, -0.2) is 21.5 Å². The van der Waals surface area contributed by atoms with E-state index in [1.807, 2.05) is 42.5 Å². The number of carbonyl (C=O) groups excluding carboxylic acids is 2. The molecule has 6 nitrogen and oxygen atoms in total. The Hall–Kier alpha value is -8.48. The lowest BCUT2D eigenvalue weighted by molar-refractivity contribution is 0.0988. The Balaban J connectivity index is 1.24. The molecule has 2 aliphatic rings. The van der Waals surface area contributed by atoms with Crippen LogP contribution in [0.25, 0.3) is 55.5 Å². The van der Waals surface area contributed by atoms with Gasteiger partial charge in [0.15, 0.2) is 23.2 Å². The van der Waals surface area contributed by atoms with Gasteiger partial charge in [0.05, 0.1) is 28.0 Å². The summed E-state index contributed by atoms with van der Waals surface area (Å²) in [5, 5.41) is 0. The predicted octanol–water partition coefficient (Wildman–Crippen LogP) is 15.3. The smallest absolute Gasteiger partial charge is 0.197 e. The maximum absolute atomic E-state index is 14.1. The third-order valence-electron chi connectivity index (χ3n) is 14.0. The molecule has 0 saturated carbocycles. The van der Waals surface area contributed by atoms with E-state index in [0.717, 1.165) is 83.6 Å². The first-order valence-electron chi connectivity index (χ1n) is 23.1. The summed E-state index contributed by atoms with van der Waals surface area (Å²) in [6.07, 6.45) is 3.64. The van der Waals surface area contributed by atoms with Gasteiger partial charge in [-0.05, 0) is 145 Å². The van der Waals surface area contributed by atoms with Crippen molar-refractivity contribution in [3.05, 3.63) is 238 Å². The van der Waals surface area contributed by atoms with E-state index in [9.17, 15) is 9.59 Å². The number of nitrogens with zero attached hydrogens (tertiary/aromatic N) is 4. The SMILES string of the molecule is Cc1cc(-c2ccc(-c3ccccc3)cc2)c(N2/C(=C/C=C3C(=O)c4ccccc4C3=O)N(c3c(C)c(C)c(C)c(C)c3C)c3nc4ccccc4nc32)c(-c2ccc(-c3ccccc3)cc2)c1. The predicted molar refractivity (Wildman–Crippen MR) is 278 cm³/mol. The number of para-hydroxylation sites is 2. The highest BCUT2D eigenvalue weighted by atomic mass is 16.2. The molecule has 6 heteroatoms. The lowest BCUT2D eigenvalue weighted by atomic mass is 9.91. The van der Waals surface area contributed by atoms with E-state index in [1.54, 1.807) is 30.3 Å². The number of fused-ring (bicyclic) bond motifs is 3. The van der Waals surface area contributed by atoms with Crippen LogP contribution < -0.4 is 9.80 Å². The first kappa shape index (κ1) is 42.2. The van der Waals surface area contributed by atoms with Crippen molar-refractivity contribution >= 4 is 45.6 Å². The van der Waals surface area contributed by atoms with Crippen molar-refractivity contribution in [3.8, 4) is 44.5 Å². The standard InChI is InChI=1S/C62H48N4O2/c1-37-35-52(47-29-25-45(26-30-47)43-17-9-7-10-18-43)58(53(36-37)48-31-27-46(28-32-48)44-19-11-8-12-20-44)66-56(34-33-51-59(67)49-21-13-14-22-50(49)60(51)68)65(57-41(5)39(3)38(2)40(4)42(57)6)61-62(66)64-55-24-16-15-23-54(55)63-61/h7-36H,1-6H3/b56-34+. The zero-order valence-electron chi connectivity index (χ0n) is 38.9. The Morgan fingerprint density at radius 1 is 0.368 bits per heavy atom. The second-order valence-corrected chi connectivity index (χ2v) is 17.9. The molecular weight excluding hydrogens is 833 g/mol. The van der Waals surface area contributed by atoms with E-state index in [4.69, 9.17) is 9.97 Å². The van der Waals surface area contributed by atoms with Crippen LogP contribution in [0.1, 0.15) is 54.1 Å². The molecule has 68 heavy (non-hydrogen) atoms. The van der Waals surface area contributed by atoms with Gasteiger partial charge in [0, 0.05) is 22.3 Å². The van der Waals surface area contributed by atoms with E-state index in [0.29, 0.717) is 28.6 Å². The quantitative estimate of drug-likeness (QED) is 0.117. The Bertz CT molecular complexity index is 3420. The van der Waals surface area contributed by atoms with Crippen LogP contribution in [-0.2, 0) is 0 Å². The molecular formula is C62H48N4O2. The van der Waals surface area contributed by atoms with Gasteiger partial charge >= 0.3 is 0 Å². The number of Topliss-reactive ketones (excluding diaryl/α,β-unsaturated/α-hetero) is 2. The van der Waals surface area contributed by atoms with Gasteiger partial charge in [-0.2, -0.15) is 0 Å². The molecule has 2 heterocycles. The molecule has 0 saturated heterocycles. The van der Waals surface area contributed by atoms with Gasteiger partial charge in [0.1, 0.15) is 5.82 Å². The molecule has 0 amide bonds. The van der Waals surface area contributed by atoms with Crippen molar-refractivity contribution in [2.45, 2.75) is 41.5 Å². The van der Waals surface area contributed by atoms with E-state index >= 15 is 0 Å². The molecule has 1 aliphatic heterocycles. The molecule has 0 radical (unpaired) electrons. The van der Waals surface area contributed by atoms with Gasteiger partial charge < -0.3 is 0 Å².